The van der Waals surface area contributed by atoms with Gasteiger partial charge < -0.3 is 16.3 Å². The molecular formula is C13H25N3O2. The van der Waals surface area contributed by atoms with E-state index in [2.05, 4.69) is 10.5 Å². The lowest BCUT2D eigenvalue weighted by Crippen LogP contribution is -2.46. The van der Waals surface area contributed by atoms with Crippen molar-refractivity contribution in [3.63, 3.8) is 0 Å². The Morgan fingerprint density at radius 2 is 2.06 bits per heavy atom. The van der Waals surface area contributed by atoms with Crippen molar-refractivity contribution in [3.05, 3.63) is 0 Å². The molecule has 1 saturated carbocycles. The second-order valence-corrected chi connectivity index (χ2v) is 5.66. The first kappa shape index (κ1) is 14.8. The van der Waals surface area contributed by atoms with E-state index in [1.807, 2.05) is 0 Å². The van der Waals surface area contributed by atoms with Gasteiger partial charge in [0.2, 0.25) is 5.91 Å². The summed E-state index contributed by atoms with van der Waals surface area (Å²) in [5.74, 6) is 0.596. The minimum absolute atomic E-state index is 0.0595. The molecule has 0 unspecified atom stereocenters. The number of amidine groups is 1. The van der Waals surface area contributed by atoms with E-state index in [0.29, 0.717) is 6.54 Å². The Morgan fingerprint density at radius 1 is 1.44 bits per heavy atom. The first-order chi connectivity index (χ1) is 8.48. The van der Waals surface area contributed by atoms with E-state index in [1.54, 1.807) is 13.8 Å². The zero-order valence-electron chi connectivity index (χ0n) is 11.4. The third-order valence-corrected chi connectivity index (χ3v) is 3.87. The second-order valence-electron chi connectivity index (χ2n) is 5.66. The van der Waals surface area contributed by atoms with Gasteiger partial charge in [0.1, 0.15) is 5.41 Å². The highest BCUT2D eigenvalue weighted by atomic mass is 16.4. The summed E-state index contributed by atoms with van der Waals surface area (Å²) in [6.07, 6.45) is 7.57. The van der Waals surface area contributed by atoms with E-state index >= 15 is 0 Å². The van der Waals surface area contributed by atoms with Crippen LogP contribution in [0.3, 0.4) is 0 Å². The summed E-state index contributed by atoms with van der Waals surface area (Å²) in [4.78, 5) is 11.9. The summed E-state index contributed by atoms with van der Waals surface area (Å²) >= 11 is 0. The van der Waals surface area contributed by atoms with Gasteiger partial charge in [0, 0.05) is 6.54 Å². The average Bonchev–Trinajstić information content (AvgIpc) is 2.86. The monoisotopic (exact) mass is 255 g/mol. The molecule has 0 saturated heterocycles. The molecule has 1 aliphatic rings. The molecule has 1 aliphatic carbocycles. The number of nitrogens with two attached hydrogens (primary N) is 1. The van der Waals surface area contributed by atoms with Gasteiger partial charge in [-0.15, -0.1) is 0 Å². The van der Waals surface area contributed by atoms with Crippen LogP contribution in [0, 0.1) is 11.3 Å². The Morgan fingerprint density at radius 3 is 2.61 bits per heavy atom. The van der Waals surface area contributed by atoms with Crippen LogP contribution in [-0.2, 0) is 4.79 Å². The average molecular weight is 255 g/mol. The topological polar surface area (TPSA) is 87.7 Å². The maximum atomic E-state index is 11.9. The van der Waals surface area contributed by atoms with Crippen molar-refractivity contribution < 1.29 is 10.0 Å². The van der Waals surface area contributed by atoms with Crippen molar-refractivity contribution in [2.45, 2.75) is 52.4 Å². The van der Waals surface area contributed by atoms with Gasteiger partial charge >= 0.3 is 0 Å². The van der Waals surface area contributed by atoms with Crippen LogP contribution in [0.15, 0.2) is 5.16 Å². The normalized spacial score (nSPS) is 18.0. The lowest BCUT2D eigenvalue weighted by atomic mass is 9.91. The highest BCUT2D eigenvalue weighted by molar-refractivity contribution is 6.05. The van der Waals surface area contributed by atoms with Gasteiger partial charge in [-0.25, -0.2) is 0 Å². The Labute approximate surface area is 109 Å². The van der Waals surface area contributed by atoms with Crippen LogP contribution in [0.25, 0.3) is 0 Å². The molecule has 0 aromatic rings. The summed E-state index contributed by atoms with van der Waals surface area (Å²) in [5.41, 5.74) is 4.54. The molecule has 5 nitrogen and oxygen atoms in total. The van der Waals surface area contributed by atoms with Gasteiger partial charge in [-0.05, 0) is 32.6 Å². The Balaban J connectivity index is 2.24. The van der Waals surface area contributed by atoms with E-state index in [1.165, 1.54) is 32.1 Å². The van der Waals surface area contributed by atoms with E-state index in [-0.39, 0.29) is 11.7 Å². The fraction of sp³-hybridized carbons (Fsp3) is 0.846. The van der Waals surface area contributed by atoms with Crippen LogP contribution < -0.4 is 11.1 Å². The van der Waals surface area contributed by atoms with Crippen LogP contribution in [0.4, 0.5) is 0 Å². The predicted molar refractivity (Wildman–Crippen MR) is 71.4 cm³/mol. The number of hydrogen-bond donors (Lipinski definition) is 3. The summed E-state index contributed by atoms with van der Waals surface area (Å²) < 4.78 is 0. The summed E-state index contributed by atoms with van der Waals surface area (Å²) in [5, 5.41) is 14.4. The number of rotatable bonds is 6. The molecule has 0 heterocycles. The van der Waals surface area contributed by atoms with E-state index < -0.39 is 5.41 Å². The van der Waals surface area contributed by atoms with Gasteiger partial charge in [-0.1, -0.05) is 30.8 Å². The van der Waals surface area contributed by atoms with Gasteiger partial charge in [0.15, 0.2) is 5.84 Å². The molecule has 4 N–H and O–H groups in total. The molecule has 0 bridgehead atoms. The fourth-order valence-corrected chi connectivity index (χ4v) is 2.35. The van der Waals surface area contributed by atoms with Crippen molar-refractivity contribution in [2.24, 2.45) is 22.2 Å². The van der Waals surface area contributed by atoms with Gasteiger partial charge in [-0.2, -0.15) is 0 Å². The lowest BCUT2D eigenvalue weighted by molar-refractivity contribution is -0.126. The fourth-order valence-electron chi connectivity index (χ4n) is 2.35. The van der Waals surface area contributed by atoms with E-state index in [9.17, 15) is 4.79 Å². The molecule has 0 aromatic carbocycles. The molecular weight excluding hydrogens is 230 g/mol. The molecule has 1 amide bonds. The lowest BCUT2D eigenvalue weighted by Gasteiger charge is -2.21. The smallest absolute Gasteiger partial charge is 0.233 e. The zero-order chi connectivity index (χ0) is 13.6. The Hall–Kier alpha value is -1.26. The number of carbonyl (C=O) groups is 1. The van der Waals surface area contributed by atoms with Crippen LogP contribution in [0.1, 0.15) is 52.4 Å². The third-order valence-electron chi connectivity index (χ3n) is 3.87. The third kappa shape index (κ3) is 3.89. The number of hydrogen-bond acceptors (Lipinski definition) is 3. The molecule has 5 heteroatoms. The number of carbonyl (C=O) groups excluding carboxylic acids is 1. The largest absolute Gasteiger partial charge is 0.409 e. The number of nitrogens with one attached hydrogen (secondary N) is 1. The summed E-state index contributed by atoms with van der Waals surface area (Å²) in [6, 6.07) is 0. The Kier molecular flexibility index (Phi) is 5.44. The standard InChI is InChI=1S/C13H25N3O2/c1-13(2,11(14)16-18)12(17)15-9-5-8-10-6-3-4-7-10/h10,18H,3-9H2,1-2H3,(H2,14,16)(H,15,17). The van der Waals surface area contributed by atoms with Gasteiger partial charge in [0.05, 0.1) is 0 Å². The van der Waals surface area contributed by atoms with Gasteiger partial charge in [-0.3, -0.25) is 4.79 Å². The molecule has 0 aliphatic heterocycles. The van der Waals surface area contributed by atoms with Crippen molar-refractivity contribution in [2.75, 3.05) is 6.54 Å². The number of nitrogens with zero attached hydrogens (tertiary/aromatic N) is 1. The molecule has 0 radical (unpaired) electrons. The second kappa shape index (κ2) is 6.61. The highest BCUT2D eigenvalue weighted by Gasteiger charge is 2.32. The minimum Gasteiger partial charge on any atom is -0.409 e. The van der Waals surface area contributed by atoms with Crippen LogP contribution in [-0.4, -0.2) is 23.5 Å². The summed E-state index contributed by atoms with van der Waals surface area (Å²) in [6.45, 7) is 3.96. The zero-order valence-corrected chi connectivity index (χ0v) is 11.4. The predicted octanol–water partition coefficient (Wildman–Crippen LogP) is 1.85. The van der Waals surface area contributed by atoms with E-state index in [0.717, 1.165) is 12.3 Å². The number of amides is 1. The SMILES string of the molecule is CC(C)(C(=O)NCCCC1CCCC1)C(N)=NO. The molecule has 0 atom stereocenters. The van der Waals surface area contributed by atoms with Crippen molar-refractivity contribution >= 4 is 11.7 Å². The molecule has 1 rings (SSSR count). The Bertz CT molecular complexity index is 307. The van der Waals surface area contributed by atoms with Crippen molar-refractivity contribution in [1.82, 2.24) is 5.32 Å². The quantitative estimate of drug-likeness (QED) is 0.222. The molecule has 1 fully saturated rings. The maximum absolute atomic E-state index is 11.9. The van der Waals surface area contributed by atoms with Crippen molar-refractivity contribution in [3.8, 4) is 0 Å². The summed E-state index contributed by atoms with van der Waals surface area (Å²) in [7, 11) is 0. The first-order valence-electron chi connectivity index (χ1n) is 6.74. The van der Waals surface area contributed by atoms with Crippen LogP contribution in [0.5, 0.6) is 0 Å². The van der Waals surface area contributed by atoms with Crippen LogP contribution >= 0.6 is 0 Å². The number of oxime groups is 1. The van der Waals surface area contributed by atoms with E-state index in [4.69, 9.17) is 10.9 Å². The molecule has 0 spiro atoms. The van der Waals surface area contributed by atoms with Crippen molar-refractivity contribution in [1.29, 1.82) is 0 Å². The van der Waals surface area contributed by atoms with Crippen LogP contribution in [0.2, 0.25) is 0 Å². The molecule has 0 aromatic heterocycles. The van der Waals surface area contributed by atoms with Gasteiger partial charge in [0.25, 0.3) is 0 Å². The minimum atomic E-state index is -0.956. The molecule has 104 valence electrons. The maximum Gasteiger partial charge on any atom is 0.233 e. The first-order valence-corrected chi connectivity index (χ1v) is 6.74. The highest BCUT2D eigenvalue weighted by Crippen LogP contribution is 2.28. The molecule has 18 heavy (non-hydrogen) atoms.